The molecule has 0 aliphatic carbocycles. The Balaban J connectivity index is 2.79. The minimum Gasteiger partial charge on any atom is -0.508 e. The van der Waals surface area contributed by atoms with Crippen LogP contribution in [0.2, 0.25) is 19.6 Å². The van der Waals surface area contributed by atoms with E-state index in [0.29, 0.717) is 11.7 Å². The van der Waals surface area contributed by atoms with Gasteiger partial charge >= 0.3 is 0 Å². The molecule has 0 saturated heterocycles. The van der Waals surface area contributed by atoms with Crippen molar-refractivity contribution in [1.29, 1.82) is 0 Å². The molecule has 0 atom stereocenters. The first-order chi connectivity index (χ1) is 7.29. The lowest BCUT2D eigenvalue weighted by Crippen LogP contribution is -2.23. The predicted octanol–water partition coefficient (Wildman–Crippen LogP) is 4.49. The molecule has 1 N–H and O–H groups in total. The highest BCUT2D eigenvalue weighted by atomic mass is 32.2. The van der Waals surface area contributed by atoms with Crippen LogP contribution in [-0.2, 0) is 0 Å². The van der Waals surface area contributed by atoms with E-state index in [1.807, 2.05) is 23.9 Å². The van der Waals surface area contributed by atoms with Gasteiger partial charge in [-0.1, -0.05) is 33.5 Å². The Kier molecular flexibility index (Phi) is 4.50. The zero-order valence-corrected chi connectivity index (χ0v) is 12.7. The van der Waals surface area contributed by atoms with Crippen molar-refractivity contribution in [2.75, 3.05) is 5.38 Å². The average molecular weight is 254 g/mol. The smallest absolute Gasteiger partial charge is 0.119 e. The normalized spacial score (nSPS) is 12.1. The second kappa shape index (κ2) is 5.28. The third-order valence-corrected chi connectivity index (χ3v) is 6.92. The highest BCUT2D eigenvalue weighted by Crippen LogP contribution is 2.31. The van der Waals surface area contributed by atoms with E-state index >= 15 is 0 Å². The van der Waals surface area contributed by atoms with Crippen LogP contribution >= 0.6 is 11.8 Å². The van der Waals surface area contributed by atoms with Gasteiger partial charge in [0.25, 0.3) is 0 Å². The molecule has 0 radical (unpaired) electrons. The number of hydrogen-bond acceptors (Lipinski definition) is 2. The van der Waals surface area contributed by atoms with Gasteiger partial charge in [0.2, 0.25) is 0 Å². The molecule has 1 aromatic rings. The van der Waals surface area contributed by atoms with Crippen LogP contribution in [0.5, 0.6) is 5.75 Å². The van der Waals surface area contributed by atoms with Crippen LogP contribution in [0.3, 0.4) is 0 Å². The highest BCUT2D eigenvalue weighted by Gasteiger charge is 2.14. The fourth-order valence-corrected chi connectivity index (χ4v) is 4.16. The minimum absolute atomic E-state index is 0.382. The molecule has 0 aromatic heterocycles. The molecule has 0 spiro atoms. The van der Waals surface area contributed by atoms with Crippen LogP contribution in [-0.4, -0.2) is 18.6 Å². The minimum atomic E-state index is -0.998. The van der Waals surface area contributed by atoms with Crippen LogP contribution in [0.4, 0.5) is 0 Å². The van der Waals surface area contributed by atoms with Crippen molar-refractivity contribution in [1.82, 2.24) is 0 Å². The number of benzene rings is 1. The summed E-state index contributed by atoms with van der Waals surface area (Å²) in [7, 11) is -0.998. The summed E-state index contributed by atoms with van der Waals surface area (Å²) < 4.78 is 0. The molecule has 90 valence electrons. The number of rotatable bonds is 4. The standard InChI is InChI=1S/C13H22OSSi/c1-10(2)12-8-11(6-7-13(12)14)15-9-16(3,4)5/h6-8,10,14H,9H2,1-5H3. The lowest BCUT2D eigenvalue weighted by Gasteiger charge is -2.16. The number of phenols is 1. The van der Waals surface area contributed by atoms with E-state index in [9.17, 15) is 5.11 Å². The first kappa shape index (κ1) is 13.7. The number of hydrogen-bond donors (Lipinski definition) is 1. The molecule has 1 rings (SSSR count). The summed E-state index contributed by atoms with van der Waals surface area (Å²) in [6.07, 6.45) is 0. The topological polar surface area (TPSA) is 20.2 Å². The second-order valence-electron chi connectivity index (χ2n) is 5.72. The van der Waals surface area contributed by atoms with E-state index in [1.165, 1.54) is 10.3 Å². The Morgan fingerprint density at radius 1 is 1.25 bits per heavy atom. The molecule has 0 saturated carbocycles. The molecular formula is C13H22OSSi. The monoisotopic (exact) mass is 254 g/mol. The van der Waals surface area contributed by atoms with E-state index in [-0.39, 0.29) is 0 Å². The van der Waals surface area contributed by atoms with E-state index in [4.69, 9.17) is 0 Å². The first-order valence-electron chi connectivity index (χ1n) is 5.75. The summed E-state index contributed by atoms with van der Waals surface area (Å²) in [5.41, 5.74) is 1.06. The molecule has 0 heterocycles. The van der Waals surface area contributed by atoms with Crippen molar-refractivity contribution in [3.63, 3.8) is 0 Å². The van der Waals surface area contributed by atoms with Gasteiger partial charge in [0, 0.05) is 4.90 Å². The average Bonchev–Trinajstić information content (AvgIpc) is 2.14. The molecule has 16 heavy (non-hydrogen) atoms. The van der Waals surface area contributed by atoms with Gasteiger partial charge in [-0.3, -0.25) is 0 Å². The maximum atomic E-state index is 9.73. The Bertz CT molecular complexity index is 355. The van der Waals surface area contributed by atoms with E-state index in [0.717, 1.165) is 5.56 Å². The summed E-state index contributed by atoms with van der Waals surface area (Å²) in [6, 6.07) is 5.97. The van der Waals surface area contributed by atoms with Gasteiger partial charge < -0.3 is 5.11 Å². The largest absolute Gasteiger partial charge is 0.508 e. The Hall–Kier alpha value is -0.413. The fraction of sp³-hybridized carbons (Fsp3) is 0.538. The summed E-state index contributed by atoms with van der Waals surface area (Å²) in [6.45, 7) is 11.4. The molecule has 3 heteroatoms. The van der Waals surface area contributed by atoms with Gasteiger partial charge in [-0.2, -0.15) is 0 Å². The number of thioether (sulfide) groups is 1. The lowest BCUT2D eigenvalue weighted by atomic mass is 10.0. The van der Waals surface area contributed by atoms with E-state index in [2.05, 4.69) is 39.6 Å². The Labute approximate surface area is 104 Å². The maximum Gasteiger partial charge on any atom is 0.119 e. The van der Waals surface area contributed by atoms with Crippen LogP contribution < -0.4 is 0 Å². The first-order valence-corrected chi connectivity index (χ1v) is 10.4. The summed E-state index contributed by atoms with van der Waals surface area (Å²) in [4.78, 5) is 1.28. The van der Waals surface area contributed by atoms with Crippen molar-refractivity contribution >= 4 is 19.8 Å². The summed E-state index contributed by atoms with van der Waals surface area (Å²) in [5.74, 6) is 0.805. The highest BCUT2D eigenvalue weighted by molar-refractivity contribution is 8.01. The van der Waals surface area contributed by atoms with Crippen LogP contribution in [0, 0.1) is 0 Å². The van der Waals surface area contributed by atoms with Crippen molar-refractivity contribution in [3.05, 3.63) is 23.8 Å². The molecule has 1 nitrogen and oxygen atoms in total. The summed E-state index contributed by atoms with van der Waals surface area (Å²) in [5, 5.41) is 11.0. The zero-order chi connectivity index (χ0) is 12.3. The molecule has 1 aromatic carbocycles. The SMILES string of the molecule is CC(C)c1cc(SC[Si](C)(C)C)ccc1O. The second-order valence-corrected chi connectivity index (χ2v) is 12.8. The molecule has 0 aliphatic heterocycles. The van der Waals surface area contributed by atoms with E-state index < -0.39 is 8.07 Å². The van der Waals surface area contributed by atoms with Gasteiger partial charge in [-0.15, -0.1) is 11.8 Å². The lowest BCUT2D eigenvalue weighted by molar-refractivity contribution is 0.464. The molecular weight excluding hydrogens is 232 g/mol. The van der Waals surface area contributed by atoms with Crippen LogP contribution in [0.1, 0.15) is 25.3 Å². The third kappa shape index (κ3) is 4.22. The van der Waals surface area contributed by atoms with Crippen molar-refractivity contribution < 1.29 is 5.11 Å². The fourth-order valence-electron chi connectivity index (χ4n) is 1.38. The zero-order valence-electron chi connectivity index (χ0n) is 10.9. The maximum absolute atomic E-state index is 9.73. The molecule has 0 fully saturated rings. The van der Waals surface area contributed by atoms with Gasteiger partial charge in [-0.05, 0) is 35.1 Å². The molecule has 0 aliphatic rings. The predicted molar refractivity (Wildman–Crippen MR) is 76.3 cm³/mol. The quantitative estimate of drug-likeness (QED) is 0.631. The van der Waals surface area contributed by atoms with Gasteiger partial charge in [0.1, 0.15) is 5.75 Å². The molecule has 0 amide bonds. The van der Waals surface area contributed by atoms with Crippen molar-refractivity contribution in [2.24, 2.45) is 0 Å². The molecule has 0 unspecified atom stereocenters. The molecule has 0 bridgehead atoms. The van der Waals surface area contributed by atoms with Crippen LogP contribution in [0.25, 0.3) is 0 Å². The van der Waals surface area contributed by atoms with Gasteiger partial charge in [-0.25, -0.2) is 0 Å². The number of phenolic OH excluding ortho intramolecular Hbond substituents is 1. The Morgan fingerprint density at radius 2 is 1.88 bits per heavy atom. The summed E-state index contributed by atoms with van der Waals surface area (Å²) >= 11 is 1.92. The van der Waals surface area contributed by atoms with Gasteiger partial charge in [0.05, 0.1) is 8.07 Å². The van der Waals surface area contributed by atoms with Gasteiger partial charge in [0.15, 0.2) is 0 Å². The Morgan fingerprint density at radius 3 is 2.38 bits per heavy atom. The van der Waals surface area contributed by atoms with Crippen molar-refractivity contribution in [3.8, 4) is 5.75 Å². The van der Waals surface area contributed by atoms with Crippen molar-refractivity contribution in [2.45, 2.75) is 44.3 Å². The van der Waals surface area contributed by atoms with Crippen LogP contribution in [0.15, 0.2) is 23.1 Å². The third-order valence-electron chi connectivity index (χ3n) is 2.29. The number of aromatic hydroxyl groups is 1. The van der Waals surface area contributed by atoms with E-state index in [1.54, 1.807) is 0 Å².